The van der Waals surface area contributed by atoms with Crippen molar-refractivity contribution in [2.24, 2.45) is 0 Å². The third-order valence-electron chi connectivity index (χ3n) is 8.63. The van der Waals surface area contributed by atoms with Crippen LogP contribution in [0.4, 0.5) is 0 Å². The van der Waals surface area contributed by atoms with Gasteiger partial charge in [0.2, 0.25) is 0 Å². The van der Waals surface area contributed by atoms with Crippen LogP contribution < -0.4 is 14.2 Å². The molecule has 0 saturated carbocycles. The minimum Gasteiger partial charge on any atom is -0.494 e. The summed E-state index contributed by atoms with van der Waals surface area (Å²) in [6, 6.07) is 12.3. The van der Waals surface area contributed by atoms with E-state index >= 15 is 0 Å². The minimum atomic E-state index is -2.76. The van der Waals surface area contributed by atoms with Gasteiger partial charge >= 0.3 is 5.97 Å². The Kier molecular flexibility index (Phi) is 6.29. The van der Waals surface area contributed by atoms with Crippen molar-refractivity contribution in [1.29, 1.82) is 0 Å². The maximum atomic E-state index is 11.9. The van der Waals surface area contributed by atoms with Crippen molar-refractivity contribution in [2.45, 2.75) is 57.1 Å². The second kappa shape index (κ2) is 11.0. The molecule has 2 atom stereocenters. The van der Waals surface area contributed by atoms with Crippen molar-refractivity contribution in [3.63, 3.8) is 0 Å². The van der Waals surface area contributed by atoms with Gasteiger partial charge in [-0.25, -0.2) is 9.78 Å². The fourth-order valence-electron chi connectivity index (χ4n) is 6.22. The van der Waals surface area contributed by atoms with Crippen molar-refractivity contribution >= 4 is 28.6 Å². The van der Waals surface area contributed by atoms with Crippen LogP contribution in [0, 0.1) is 0 Å². The molecule has 2 aromatic heterocycles. The molecule has 224 valence electrons. The number of carboxylic acids is 1. The minimum absolute atomic E-state index is 0.0292. The van der Waals surface area contributed by atoms with E-state index in [9.17, 15) is 9.90 Å². The maximum Gasteiger partial charge on any atom is 0.335 e. The van der Waals surface area contributed by atoms with Gasteiger partial charge in [-0.1, -0.05) is 23.7 Å². The van der Waals surface area contributed by atoms with Gasteiger partial charge in [-0.05, 0) is 68.6 Å². The highest BCUT2D eigenvalue weighted by Gasteiger charge is 2.42. The largest absolute Gasteiger partial charge is 0.494 e. The van der Waals surface area contributed by atoms with Crippen LogP contribution >= 0.6 is 11.6 Å². The Balaban J connectivity index is 1.12. The highest BCUT2D eigenvalue weighted by atomic mass is 35.5. The van der Waals surface area contributed by atoms with Gasteiger partial charge in [-0.3, -0.25) is 9.88 Å². The van der Waals surface area contributed by atoms with E-state index in [2.05, 4.69) is 16.0 Å². The highest BCUT2D eigenvalue weighted by molar-refractivity contribution is 6.30. The first kappa shape index (κ1) is 24.6. The third-order valence-corrected chi connectivity index (χ3v) is 8.85. The molecule has 4 aromatic rings. The molecular formula is C32H33ClN4O6. The number of fused-ring (bicyclic) bond motifs is 2. The Morgan fingerprint density at radius 2 is 2.05 bits per heavy atom. The van der Waals surface area contributed by atoms with Crippen LogP contribution in [0.3, 0.4) is 0 Å². The number of hydrogen-bond acceptors (Lipinski definition) is 8. The molecule has 5 heterocycles. The van der Waals surface area contributed by atoms with Crippen molar-refractivity contribution in [3.8, 4) is 17.2 Å². The first-order valence-electron chi connectivity index (χ1n) is 15.9. The Labute approximate surface area is 258 Å². The van der Waals surface area contributed by atoms with E-state index in [0.29, 0.717) is 53.0 Å². The predicted octanol–water partition coefficient (Wildman–Crippen LogP) is 5.60. The standard InChI is InChI=1S/C32H33ClN4O6/c1-32(27-7-6-21(33)16-34-27)42-25-5-3-4-23(30(25)43-32)19-8-11-36(12-9-19)18-28-35-29-24(37(28)17-22-10-13-41-22)14-20(31(38)39)15-26(29)40-2/h3-7,14-16,19,22H,8-13,17-18H2,1-2H3,(H,38,39)/t22-,32?/m0/s1/i2D3. The molecule has 2 aromatic carbocycles. The van der Waals surface area contributed by atoms with E-state index in [4.69, 9.17) is 39.6 Å². The number of carboxylic acid groups (broad SMARTS) is 1. The summed E-state index contributed by atoms with van der Waals surface area (Å²) < 4.78 is 48.5. The van der Waals surface area contributed by atoms with Crippen LogP contribution in [0.25, 0.3) is 11.0 Å². The summed E-state index contributed by atoms with van der Waals surface area (Å²) in [6.07, 6.45) is 4.17. The molecule has 0 amide bonds. The molecule has 2 saturated heterocycles. The summed E-state index contributed by atoms with van der Waals surface area (Å²) in [4.78, 5) is 23.5. The SMILES string of the molecule is [2H]C([2H])([2H])Oc1cc(C(=O)O)cc2c1nc(CN1CCC(c3cccc4c3OC(C)(c3ccc(Cl)cn3)O4)CC1)n2C[C@@H]1CCO1. The van der Waals surface area contributed by atoms with Gasteiger partial charge in [-0.15, -0.1) is 0 Å². The molecule has 11 heteroatoms. The molecule has 10 nitrogen and oxygen atoms in total. The predicted molar refractivity (Wildman–Crippen MR) is 159 cm³/mol. The zero-order valence-corrected chi connectivity index (χ0v) is 24.3. The molecule has 2 fully saturated rings. The average Bonchev–Trinajstić information content (AvgIpc) is 3.52. The van der Waals surface area contributed by atoms with Crippen LogP contribution in [0.2, 0.25) is 5.02 Å². The highest BCUT2D eigenvalue weighted by Crippen LogP contribution is 2.49. The molecule has 43 heavy (non-hydrogen) atoms. The van der Waals surface area contributed by atoms with E-state index in [1.807, 2.05) is 23.6 Å². The summed E-state index contributed by atoms with van der Waals surface area (Å²) in [5.74, 6) is 0.0419. The molecule has 0 aliphatic carbocycles. The van der Waals surface area contributed by atoms with Crippen LogP contribution in [-0.2, 0) is 23.6 Å². The van der Waals surface area contributed by atoms with Crippen LogP contribution in [0.1, 0.15) is 63.7 Å². The molecule has 0 spiro atoms. The topological polar surface area (TPSA) is 108 Å². The number of pyridine rings is 1. The summed E-state index contributed by atoms with van der Waals surface area (Å²) in [5.41, 5.74) is 2.48. The first-order valence-corrected chi connectivity index (χ1v) is 14.8. The second-order valence-electron chi connectivity index (χ2n) is 11.4. The van der Waals surface area contributed by atoms with Crippen LogP contribution in [-0.4, -0.2) is 63.3 Å². The monoisotopic (exact) mass is 607 g/mol. The molecule has 0 radical (unpaired) electrons. The van der Waals surface area contributed by atoms with Gasteiger partial charge in [0.1, 0.15) is 22.8 Å². The summed E-state index contributed by atoms with van der Waals surface area (Å²) in [6.45, 7) is 5.07. The fraction of sp³-hybridized carbons (Fsp3) is 0.406. The molecule has 1 N–H and O–H groups in total. The number of rotatable bonds is 8. The summed E-state index contributed by atoms with van der Waals surface area (Å²) in [5, 5.41) is 10.3. The van der Waals surface area contributed by atoms with E-state index in [1.165, 1.54) is 12.1 Å². The zero-order valence-electron chi connectivity index (χ0n) is 26.6. The van der Waals surface area contributed by atoms with Crippen molar-refractivity contribution in [2.75, 3.05) is 26.7 Å². The lowest BCUT2D eigenvalue weighted by Gasteiger charge is -2.33. The number of piperidine rings is 1. The van der Waals surface area contributed by atoms with Gasteiger partial charge in [0, 0.05) is 25.3 Å². The lowest BCUT2D eigenvalue weighted by molar-refractivity contribution is -0.0722. The Bertz CT molecular complexity index is 1790. The van der Waals surface area contributed by atoms with Gasteiger partial charge in [0.05, 0.1) is 46.4 Å². The number of nitrogens with zero attached hydrogens (tertiary/aromatic N) is 4. The Hall–Kier alpha value is -3.86. The smallest absolute Gasteiger partial charge is 0.335 e. The number of para-hydroxylation sites is 1. The molecular weight excluding hydrogens is 572 g/mol. The first-order chi connectivity index (χ1) is 22.0. The zero-order chi connectivity index (χ0) is 32.2. The molecule has 3 aliphatic rings. The molecule has 0 bridgehead atoms. The number of halogens is 1. The van der Waals surface area contributed by atoms with E-state index in [-0.39, 0.29) is 23.3 Å². The number of hydrogen-bond donors (Lipinski definition) is 1. The number of aromatic nitrogens is 3. The summed E-state index contributed by atoms with van der Waals surface area (Å²) >= 11 is 6.04. The fourth-order valence-corrected chi connectivity index (χ4v) is 6.33. The number of ether oxygens (including phenoxy) is 4. The van der Waals surface area contributed by atoms with Crippen LogP contribution in [0.15, 0.2) is 48.7 Å². The van der Waals surface area contributed by atoms with Gasteiger partial charge in [0.25, 0.3) is 5.79 Å². The van der Waals surface area contributed by atoms with Crippen LogP contribution in [0.5, 0.6) is 17.2 Å². The van der Waals surface area contributed by atoms with E-state index in [1.54, 1.807) is 18.3 Å². The molecule has 3 aliphatic heterocycles. The number of imidazole rings is 1. The molecule has 1 unspecified atom stereocenters. The Morgan fingerprint density at radius 1 is 1.21 bits per heavy atom. The average molecular weight is 608 g/mol. The number of likely N-dealkylation sites (tertiary alicyclic amines) is 1. The lowest BCUT2D eigenvalue weighted by atomic mass is 9.88. The number of methoxy groups -OCH3 is 1. The van der Waals surface area contributed by atoms with Crippen molar-refractivity contribution in [3.05, 3.63) is 76.3 Å². The normalized spacial score (nSPS) is 23.4. The van der Waals surface area contributed by atoms with Crippen molar-refractivity contribution in [1.82, 2.24) is 19.4 Å². The van der Waals surface area contributed by atoms with Gasteiger partial charge < -0.3 is 28.6 Å². The molecule has 7 rings (SSSR count). The van der Waals surface area contributed by atoms with E-state index in [0.717, 1.165) is 43.7 Å². The van der Waals surface area contributed by atoms with E-state index < -0.39 is 18.8 Å². The third kappa shape index (κ3) is 5.17. The lowest BCUT2D eigenvalue weighted by Crippen LogP contribution is -2.35. The number of benzene rings is 2. The quantitative estimate of drug-likeness (QED) is 0.274. The number of carbonyl (C=O) groups is 1. The second-order valence-corrected chi connectivity index (χ2v) is 11.8. The number of aromatic carboxylic acids is 1. The maximum absolute atomic E-state index is 11.9. The summed E-state index contributed by atoms with van der Waals surface area (Å²) in [7, 11) is -2.76. The van der Waals surface area contributed by atoms with Crippen molar-refractivity contribution < 1.29 is 33.0 Å². The van der Waals surface area contributed by atoms with Gasteiger partial charge in [-0.2, -0.15) is 0 Å². The Morgan fingerprint density at radius 3 is 2.74 bits per heavy atom. The van der Waals surface area contributed by atoms with Gasteiger partial charge in [0.15, 0.2) is 11.5 Å².